The number of ether oxygens (including phenoxy) is 2. The second kappa shape index (κ2) is 5.47. The molecule has 1 aliphatic heterocycles. The number of hydrogen-bond donors (Lipinski definition) is 1. The highest BCUT2D eigenvalue weighted by atomic mass is 19.1. The first-order valence-corrected chi connectivity index (χ1v) is 5.89. The third kappa shape index (κ3) is 2.58. The van der Waals surface area contributed by atoms with Crippen molar-refractivity contribution in [3.8, 4) is 5.75 Å². The molecular weight excluding hydrogens is 221 g/mol. The van der Waals surface area contributed by atoms with Crippen LogP contribution in [0.2, 0.25) is 0 Å². The molecule has 3 nitrogen and oxygen atoms in total. The number of rotatable bonds is 3. The van der Waals surface area contributed by atoms with E-state index in [-0.39, 0.29) is 23.5 Å². The third-order valence-corrected chi connectivity index (χ3v) is 3.28. The van der Waals surface area contributed by atoms with E-state index in [1.165, 1.54) is 7.11 Å². The first-order valence-electron chi connectivity index (χ1n) is 5.89. The Morgan fingerprint density at radius 2 is 2.35 bits per heavy atom. The molecule has 1 saturated heterocycles. The van der Waals surface area contributed by atoms with Crippen LogP contribution in [0.3, 0.4) is 0 Å². The fourth-order valence-electron chi connectivity index (χ4n) is 2.25. The van der Waals surface area contributed by atoms with E-state index in [1.807, 2.05) is 0 Å². The molecule has 0 saturated carbocycles. The Balaban J connectivity index is 2.20. The number of nitrogens with two attached hydrogens (primary N) is 1. The number of benzene rings is 1. The Morgan fingerprint density at radius 3 is 3.00 bits per heavy atom. The Bertz CT molecular complexity index is 378. The fourth-order valence-corrected chi connectivity index (χ4v) is 2.25. The molecule has 1 heterocycles. The lowest BCUT2D eigenvalue weighted by Gasteiger charge is -2.28. The lowest BCUT2D eigenvalue weighted by molar-refractivity contribution is 0.0443. The molecular formula is C13H18FNO2. The molecule has 17 heavy (non-hydrogen) atoms. The molecule has 2 atom stereocenters. The summed E-state index contributed by atoms with van der Waals surface area (Å²) in [6.45, 7) is 1.39. The van der Waals surface area contributed by atoms with Gasteiger partial charge in [-0.15, -0.1) is 0 Å². The van der Waals surface area contributed by atoms with E-state index in [4.69, 9.17) is 15.2 Å². The van der Waals surface area contributed by atoms with E-state index in [0.29, 0.717) is 12.2 Å². The van der Waals surface area contributed by atoms with Crippen molar-refractivity contribution in [3.63, 3.8) is 0 Å². The molecule has 94 valence electrons. The second-order valence-corrected chi connectivity index (χ2v) is 4.37. The SMILES string of the molecule is COc1cccc(C(N)C2CCCOC2)c1F. The Morgan fingerprint density at radius 1 is 1.53 bits per heavy atom. The largest absolute Gasteiger partial charge is 0.494 e. The average molecular weight is 239 g/mol. The van der Waals surface area contributed by atoms with Crippen LogP contribution in [0.1, 0.15) is 24.4 Å². The molecule has 0 radical (unpaired) electrons. The van der Waals surface area contributed by atoms with Crippen molar-refractivity contribution in [1.82, 2.24) is 0 Å². The molecule has 2 rings (SSSR count). The van der Waals surface area contributed by atoms with Gasteiger partial charge in [0.1, 0.15) is 0 Å². The molecule has 0 bridgehead atoms. The van der Waals surface area contributed by atoms with Crippen LogP contribution in [0.5, 0.6) is 5.75 Å². The maximum Gasteiger partial charge on any atom is 0.169 e. The first kappa shape index (κ1) is 12.3. The van der Waals surface area contributed by atoms with Crippen molar-refractivity contribution in [1.29, 1.82) is 0 Å². The molecule has 2 N–H and O–H groups in total. The van der Waals surface area contributed by atoms with Gasteiger partial charge >= 0.3 is 0 Å². The Hall–Kier alpha value is -1.13. The smallest absolute Gasteiger partial charge is 0.169 e. The summed E-state index contributed by atoms with van der Waals surface area (Å²) in [5, 5.41) is 0. The quantitative estimate of drug-likeness (QED) is 0.880. The van der Waals surface area contributed by atoms with Crippen LogP contribution in [-0.2, 0) is 4.74 Å². The Kier molecular flexibility index (Phi) is 3.97. The van der Waals surface area contributed by atoms with Crippen molar-refractivity contribution in [2.45, 2.75) is 18.9 Å². The monoisotopic (exact) mass is 239 g/mol. The zero-order valence-corrected chi connectivity index (χ0v) is 9.99. The molecule has 1 aliphatic rings. The van der Waals surface area contributed by atoms with Crippen LogP contribution in [0.25, 0.3) is 0 Å². The van der Waals surface area contributed by atoms with Gasteiger partial charge in [0, 0.05) is 24.1 Å². The van der Waals surface area contributed by atoms with Gasteiger partial charge in [-0.25, -0.2) is 4.39 Å². The summed E-state index contributed by atoms with van der Waals surface area (Å²) in [7, 11) is 1.46. The van der Waals surface area contributed by atoms with Gasteiger partial charge in [0.05, 0.1) is 13.7 Å². The molecule has 1 aromatic carbocycles. The highest BCUT2D eigenvalue weighted by molar-refractivity contribution is 5.33. The molecule has 4 heteroatoms. The van der Waals surface area contributed by atoms with Crippen molar-refractivity contribution in [2.24, 2.45) is 11.7 Å². The third-order valence-electron chi connectivity index (χ3n) is 3.28. The molecule has 1 aromatic rings. The van der Waals surface area contributed by atoms with Gasteiger partial charge in [-0.05, 0) is 18.9 Å². The minimum Gasteiger partial charge on any atom is -0.494 e. The van der Waals surface area contributed by atoms with E-state index in [9.17, 15) is 4.39 Å². The molecule has 1 fully saturated rings. The molecule has 0 aromatic heterocycles. The molecule has 0 aliphatic carbocycles. The van der Waals surface area contributed by atoms with Crippen LogP contribution in [0.15, 0.2) is 18.2 Å². The van der Waals surface area contributed by atoms with Gasteiger partial charge < -0.3 is 15.2 Å². The summed E-state index contributed by atoms with van der Waals surface area (Å²) >= 11 is 0. The van der Waals surface area contributed by atoms with Gasteiger partial charge in [0.2, 0.25) is 0 Å². The highest BCUT2D eigenvalue weighted by Crippen LogP contribution is 2.31. The van der Waals surface area contributed by atoms with E-state index in [2.05, 4.69) is 0 Å². The molecule has 2 unspecified atom stereocenters. The predicted octanol–water partition coefficient (Wildman–Crippen LogP) is 2.26. The van der Waals surface area contributed by atoms with E-state index >= 15 is 0 Å². The summed E-state index contributed by atoms with van der Waals surface area (Å²) in [5.74, 6) is 0.0770. The Labute approximate surface area is 101 Å². The van der Waals surface area contributed by atoms with E-state index < -0.39 is 0 Å². The maximum atomic E-state index is 14.0. The van der Waals surface area contributed by atoms with Crippen LogP contribution in [0, 0.1) is 11.7 Å². The van der Waals surface area contributed by atoms with Gasteiger partial charge in [0.15, 0.2) is 11.6 Å². The zero-order valence-electron chi connectivity index (χ0n) is 9.99. The highest BCUT2D eigenvalue weighted by Gasteiger charge is 2.25. The second-order valence-electron chi connectivity index (χ2n) is 4.37. The standard InChI is InChI=1S/C13H18FNO2/c1-16-11-6-2-5-10(12(11)14)13(15)9-4-3-7-17-8-9/h2,5-6,9,13H,3-4,7-8,15H2,1H3. The summed E-state index contributed by atoms with van der Waals surface area (Å²) in [6.07, 6.45) is 1.97. The van der Waals surface area contributed by atoms with Crippen molar-refractivity contribution in [2.75, 3.05) is 20.3 Å². The summed E-state index contributed by atoms with van der Waals surface area (Å²) < 4.78 is 24.4. The summed E-state index contributed by atoms with van der Waals surface area (Å²) in [6, 6.07) is 4.76. The number of hydrogen-bond acceptors (Lipinski definition) is 3. The normalized spacial score (nSPS) is 22.2. The lowest BCUT2D eigenvalue weighted by atomic mass is 9.89. The van der Waals surface area contributed by atoms with Gasteiger partial charge in [-0.1, -0.05) is 12.1 Å². The van der Waals surface area contributed by atoms with Crippen LogP contribution >= 0.6 is 0 Å². The van der Waals surface area contributed by atoms with E-state index in [1.54, 1.807) is 18.2 Å². The van der Waals surface area contributed by atoms with Crippen LogP contribution in [-0.4, -0.2) is 20.3 Å². The minimum atomic E-state index is -0.354. The first-order chi connectivity index (χ1) is 8.24. The minimum absolute atomic E-state index is 0.186. The molecule has 0 amide bonds. The summed E-state index contributed by atoms with van der Waals surface area (Å²) in [5.41, 5.74) is 6.63. The van der Waals surface area contributed by atoms with Crippen LogP contribution in [0.4, 0.5) is 4.39 Å². The van der Waals surface area contributed by atoms with E-state index in [0.717, 1.165) is 19.4 Å². The predicted molar refractivity (Wildman–Crippen MR) is 63.4 cm³/mol. The number of methoxy groups -OCH3 is 1. The lowest BCUT2D eigenvalue weighted by Crippen LogP contribution is -2.29. The van der Waals surface area contributed by atoms with Gasteiger partial charge in [-0.3, -0.25) is 0 Å². The van der Waals surface area contributed by atoms with Crippen molar-refractivity contribution >= 4 is 0 Å². The average Bonchev–Trinajstić information content (AvgIpc) is 2.39. The molecule has 0 spiro atoms. The fraction of sp³-hybridized carbons (Fsp3) is 0.538. The number of halogens is 1. The van der Waals surface area contributed by atoms with Crippen molar-refractivity contribution < 1.29 is 13.9 Å². The maximum absolute atomic E-state index is 14.0. The topological polar surface area (TPSA) is 44.5 Å². The van der Waals surface area contributed by atoms with Gasteiger partial charge in [-0.2, -0.15) is 0 Å². The van der Waals surface area contributed by atoms with Gasteiger partial charge in [0.25, 0.3) is 0 Å². The summed E-state index contributed by atoms with van der Waals surface area (Å²) in [4.78, 5) is 0. The van der Waals surface area contributed by atoms with Crippen molar-refractivity contribution in [3.05, 3.63) is 29.6 Å². The zero-order chi connectivity index (χ0) is 12.3. The van der Waals surface area contributed by atoms with Crippen LogP contribution < -0.4 is 10.5 Å².